The summed E-state index contributed by atoms with van der Waals surface area (Å²) in [5, 5.41) is 4.40. The SMILES string of the molecule is COc1ccc(-c2nc3c(cnn3Cc3cccnc3)[nH]2)c(OC)c1. The predicted molar refractivity (Wildman–Crippen MR) is 93.8 cm³/mol. The van der Waals surface area contributed by atoms with E-state index in [2.05, 4.69) is 15.1 Å². The quantitative estimate of drug-likeness (QED) is 0.607. The predicted octanol–water partition coefficient (Wildman–Crippen LogP) is 2.89. The van der Waals surface area contributed by atoms with Crippen LogP contribution in [0.25, 0.3) is 22.6 Å². The van der Waals surface area contributed by atoms with Crippen molar-refractivity contribution in [2.24, 2.45) is 0 Å². The van der Waals surface area contributed by atoms with E-state index in [1.54, 1.807) is 26.6 Å². The molecule has 0 amide bonds. The van der Waals surface area contributed by atoms with Crippen LogP contribution in [0.4, 0.5) is 0 Å². The van der Waals surface area contributed by atoms with Crippen LogP contribution in [0.2, 0.25) is 0 Å². The normalized spacial score (nSPS) is 11.0. The first-order chi connectivity index (χ1) is 12.3. The Bertz CT molecular complexity index is 1010. The number of H-pyrrole nitrogens is 1. The highest BCUT2D eigenvalue weighted by Gasteiger charge is 2.15. The molecule has 1 N–H and O–H groups in total. The highest BCUT2D eigenvalue weighted by molar-refractivity contribution is 5.78. The Morgan fingerprint density at radius 3 is 2.80 bits per heavy atom. The van der Waals surface area contributed by atoms with Crippen LogP contribution in [0.5, 0.6) is 11.5 Å². The molecule has 0 aliphatic rings. The molecule has 0 fully saturated rings. The van der Waals surface area contributed by atoms with E-state index in [0.29, 0.717) is 12.3 Å². The van der Waals surface area contributed by atoms with Gasteiger partial charge in [0, 0.05) is 18.5 Å². The monoisotopic (exact) mass is 335 g/mol. The zero-order valence-electron chi connectivity index (χ0n) is 13.9. The van der Waals surface area contributed by atoms with Gasteiger partial charge in [-0.2, -0.15) is 5.10 Å². The lowest BCUT2D eigenvalue weighted by molar-refractivity contribution is 0.395. The molecule has 0 spiro atoms. The second kappa shape index (κ2) is 6.27. The van der Waals surface area contributed by atoms with Gasteiger partial charge >= 0.3 is 0 Å². The molecule has 25 heavy (non-hydrogen) atoms. The van der Waals surface area contributed by atoms with Gasteiger partial charge in [0.2, 0.25) is 0 Å². The molecular formula is C18H17N5O2. The van der Waals surface area contributed by atoms with Crippen molar-refractivity contribution in [2.75, 3.05) is 14.2 Å². The molecule has 3 aromatic heterocycles. The summed E-state index contributed by atoms with van der Waals surface area (Å²) in [7, 11) is 3.26. The average Bonchev–Trinajstić information content (AvgIpc) is 3.24. The number of hydrogen-bond donors (Lipinski definition) is 1. The summed E-state index contributed by atoms with van der Waals surface area (Å²) in [6.45, 7) is 0.612. The first-order valence-electron chi connectivity index (χ1n) is 7.81. The summed E-state index contributed by atoms with van der Waals surface area (Å²) < 4.78 is 12.6. The number of rotatable bonds is 5. The molecule has 7 heteroatoms. The Kier molecular flexibility index (Phi) is 3.81. The number of imidazole rings is 1. The smallest absolute Gasteiger partial charge is 0.177 e. The highest BCUT2D eigenvalue weighted by atomic mass is 16.5. The minimum atomic E-state index is 0.612. The number of fused-ring (bicyclic) bond motifs is 1. The molecule has 4 aromatic rings. The van der Waals surface area contributed by atoms with Crippen LogP contribution in [0.1, 0.15) is 5.56 Å². The molecule has 0 aliphatic carbocycles. The molecule has 0 radical (unpaired) electrons. The van der Waals surface area contributed by atoms with E-state index in [9.17, 15) is 0 Å². The third-order valence-corrected chi connectivity index (χ3v) is 4.00. The maximum Gasteiger partial charge on any atom is 0.177 e. The maximum absolute atomic E-state index is 5.47. The number of aromatic amines is 1. The van der Waals surface area contributed by atoms with Crippen molar-refractivity contribution in [3.63, 3.8) is 0 Å². The first kappa shape index (κ1) is 15.2. The van der Waals surface area contributed by atoms with Crippen molar-refractivity contribution in [3.8, 4) is 22.9 Å². The number of ether oxygens (including phenoxy) is 2. The van der Waals surface area contributed by atoms with Gasteiger partial charge in [0.15, 0.2) is 5.65 Å². The zero-order chi connectivity index (χ0) is 17.2. The van der Waals surface area contributed by atoms with Gasteiger partial charge < -0.3 is 14.5 Å². The molecule has 126 valence electrons. The number of benzene rings is 1. The van der Waals surface area contributed by atoms with E-state index in [1.807, 2.05) is 41.2 Å². The van der Waals surface area contributed by atoms with Crippen molar-refractivity contribution in [1.29, 1.82) is 0 Å². The second-order valence-electron chi connectivity index (χ2n) is 5.55. The van der Waals surface area contributed by atoms with E-state index in [4.69, 9.17) is 14.5 Å². The van der Waals surface area contributed by atoms with Gasteiger partial charge in [-0.05, 0) is 23.8 Å². The van der Waals surface area contributed by atoms with Crippen molar-refractivity contribution in [1.82, 2.24) is 24.7 Å². The highest BCUT2D eigenvalue weighted by Crippen LogP contribution is 2.32. The van der Waals surface area contributed by atoms with E-state index in [1.165, 1.54) is 0 Å². The number of nitrogens with zero attached hydrogens (tertiary/aromatic N) is 4. The largest absolute Gasteiger partial charge is 0.497 e. The summed E-state index contributed by atoms with van der Waals surface area (Å²) in [5.74, 6) is 2.16. The molecular weight excluding hydrogens is 318 g/mol. The summed E-state index contributed by atoms with van der Waals surface area (Å²) >= 11 is 0. The summed E-state index contributed by atoms with van der Waals surface area (Å²) in [5.41, 5.74) is 3.60. The molecule has 3 heterocycles. The fourth-order valence-electron chi connectivity index (χ4n) is 2.75. The Balaban J connectivity index is 1.73. The van der Waals surface area contributed by atoms with Gasteiger partial charge in [0.05, 0.1) is 32.5 Å². The molecule has 0 unspecified atom stereocenters. The van der Waals surface area contributed by atoms with Crippen LogP contribution >= 0.6 is 0 Å². The van der Waals surface area contributed by atoms with Crippen molar-refractivity contribution < 1.29 is 9.47 Å². The summed E-state index contributed by atoms with van der Waals surface area (Å²) in [6.07, 6.45) is 5.36. The standard InChI is InChI=1S/C18H17N5O2/c1-24-13-5-6-14(16(8-13)25-2)17-21-15-10-20-23(18(15)22-17)11-12-4-3-7-19-9-12/h3-10H,11H2,1-2H3,(H,21,22). The minimum Gasteiger partial charge on any atom is -0.497 e. The fraction of sp³-hybridized carbons (Fsp3) is 0.167. The lowest BCUT2D eigenvalue weighted by Crippen LogP contribution is -2.02. The molecule has 0 atom stereocenters. The van der Waals surface area contributed by atoms with Gasteiger partial charge in [-0.3, -0.25) is 4.98 Å². The fourth-order valence-corrected chi connectivity index (χ4v) is 2.75. The van der Waals surface area contributed by atoms with Crippen molar-refractivity contribution >= 4 is 11.2 Å². The Hall–Kier alpha value is -3.35. The van der Waals surface area contributed by atoms with Gasteiger partial charge in [-0.25, -0.2) is 9.67 Å². The molecule has 1 aromatic carbocycles. The van der Waals surface area contributed by atoms with Crippen LogP contribution in [0.15, 0.2) is 48.9 Å². The molecule has 0 saturated carbocycles. The number of hydrogen-bond acceptors (Lipinski definition) is 5. The Morgan fingerprint density at radius 1 is 1.12 bits per heavy atom. The average molecular weight is 335 g/mol. The topological polar surface area (TPSA) is 77.9 Å². The maximum atomic E-state index is 5.47. The molecule has 0 bridgehead atoms. The Labute approximate surface area is 144 Å². The third-order valence-electron chi connectivity index (χ3n) is 4.00. The lowest BCUT2D eigenvalue weighted by atomic mass is 10.2. The van der Waals surface area contributed by atoms with Gasteiger partial charge in [-0.15, -0.1) is 0 Å². The van der Waals surface area contributed by atoms with E-state index in [-0.39, 0.29) is 0 Å². The summed E-state index contributed by atoms with van der Waals surface area (Å²) in [4.78, 5) is 12.1. The van der Waals surface area contributed by atoms with Crippen LogP contribution in [-0.4, -0.2) is 39.0 Å². The van der Waals surface area contributed by atoms with Crippen LogP contribution in [0, 0.1) is 0 Å². The van der Waals surface area contributed by atoms with Crippen LogP contribution in [0.3, 0.4) is 0 Å². The van der Waals surface area contributed by atoms with Crippen LogP contribution in [-0.2, 0) is 6.54 Å². The minimum absolute atomic E-state index is 0.612. The Morgan fingerprint density at radius 2 is 2.04 bits per heavy atom. The van der Waals surface area contributed by atoms with E-state index < -0.39 is 0 Å². The second-order valence-corrected chi connectivity index (χ2v) is 5.55. The summed E-state index contributed by atoms with van der Waals surface area (Å²) in [6, 6.07) is 9.57. The molecule has 4 rings (SSSR count). The lowest BCUT2D eigenvalue weighted by Gasteiger charge is -2.08. The van der Waals surface area contributed by atoms with E-state index >= 15 is 0 Å². The van der Waals surface area contributed by atoms with Crippen molar-refractivity contribution in [2.45, 2.75) is 6.54 Å². The van der Waals surface area contributed by atoms with Gasteiger partial charge in [0.1, 0.15) is 22.8 Å². The number of pyridine rings is 1. The molecule has 7 nitrogen and oxygen atoms in total. The molecule has 0 saturated heterocycles. The van der Waals surface area contributed by atoms with Crippen molar-refractivity contribution in [3.05, 3.63) is 54.5 Å². The third kappa shape index (κ3) is 2.80. The van der Waals surface area contributed by atoms with E-state index in [0.717, 1.165) is 33.9 Å². The number of methoxy groups -OCH3 is 2. The van der Waals surface area contributed by atoms with Gasteiger partial charge in [-0.1, -0.05) is 6.07 Å². The first-order valence-corrected chi connectivity index (χ1v) is 7.81. The number of aromatic nitrogens is 5. The molecule has 0 aliphatic heterocycles. The number of nitrogens with one attached hydrogen (secondary N) is 1. The zero-order valence-corrected chi connectivity index (χ0v) is 13.9. The van der Waals surface area contributed by atoms with Crippen LogP contribution < -0.4 is 9.47 Å². The van der Waals surface area contributed by atoms with Gasteiger partial charge in [0.25, 0.3) is 0 Å².